The maximum absolute atomic E-state index is 13.0. The van der Waals surface area contributed by atoms with Crippen molar-refractivity contribution in [2.75, 3.05) is 18.6 Å². The number of aromatic nitrogens is 1. The highest BCUT2D eigenvalue weighted by molar-refractivity contribution is 7.21. The molecule has 4 rings (SSSR count). The van der Waals surface area contributed by atoms with Crippen molar-refractivity contribution >= 4 is 38.8 Å². The van der Waals surface area contributed by atoms with Gasteiger partial charge in [0.15, 0.2) is 4.83 Å². The van der Waals surface area contributed by atoms with Crippen molar-refractivity contribution in [3.05, 3.63) is 70.6 Å². The van der Waals surface area contributed by atoms with E-state index in [4.69, 9.17) is 16.2 Å². The SMILES string of the molecule is COc1ccc(-c2c(C#N)c(N)[nH+]c3sc(C(=O)c4ccccc4)c(N)c23)cc1. The summed E-state index contributed by atoms with van der Waals surface area (Å²) in [4.78, 5) is 17.1. The molecule has 0 aliphatic heterocycles. The lowest BCUT2D eigenvalue weighted by Gasteiger charge is -2.08. The van der Waals surface area contributed by atoms with Crippen LogP contribution < -0.4 is 21.2 Å². The molecule has 2 aromatic heterocycles. The summed E-state index contributed by atoms with van der Waals surface area (Å²) >= 11 is 1.23. The van der Waals surface area contributed by atoms with Gasteiger partial charge >= 0.3 is 0 Å². The quantitative estimate of drug-likeness (QED) is 0.506. The number of anilines is 2. The van der Waals surface area contributed by atoms with E-state index in [0.29, 0.717) is 37.7 Å². The number of hydrogen-bond donors (Lipinski definition) is 2. The van der Waals surface area contributed by atoms with Crippen LogP contribution in [-0.2, 0) is 0 Å². The van der Waals surface area contributed by atoms with Crippen LogP contribution in [0.3, 0.4) is 0 Å². The molecule has 7 heteroatoms. The minimum atomic E-state index is -0.171. The topological polar surface area (TPSA) is 116 Å². The maximum Gasteiger partial charge on any atom is 0.290 e. The lowest BCUT2D eigenvalue weighted by molar-refractivity contribution is -0.323. The van der Waals surface area contributed by atoms with E-state index in [9.17, 15) is 10.1 Å². The number of nitrogens with one attached hydrogen (secondary N) is 1. The molecule has 0 atom stereocenters. The predicted octanol–water partition coefficient (Wildman–Crippen LogP) is 3.66. The Kier molecular flexibility index (Phi) is 4.63. The Balaban J connectivity index is 2.00. The summed E-state index contributed by atoms with van der Waals surface area (Å²) in [6, 6.07) is 18.4. The Bertz CT molecular complexity index is 1270. The summed E-state index contributed by atoms with van der Waals surface area (Å²) in [6.07, 6.45) is 0. The van der Waals surface area contributed by atoms with Gasteiger partial charge in [0.05, 0.1) is 18.2 Å². The molecule has 5 N–H and O–H groups in total. The highest BCUT2D eigenvalue weighted by Crippen LogP contribution is 2.42. The molecule has 0 aliphatic rings. The van der Waals surface area contributed by atoms with Crippen molar-refractivity contribution < 1.29 is 14.5 Å². The van der Waals surface area contributed by atoms with Gasteiger partial charge in [-0.3, -0.25) is 10.5 Å². The molecule has 2 aromatic carbocycles. The normalized spacial score (nSPS) is 10.6. The van der Waals surface area contributed by atoms with E-state index in [2.05, 4.69) is 11.1 Å². The number of carbonyl (C=O) groups is 1. The molecular weight excluding hydrogens is 384 g/mol. The summed E-state index contributed by atoms with van der Waals surface area (Å²) in [5.74, 6) is 0.749. The first kappa shape index (κ1) is 18.5. The van der Waals surface area contributed by atoms with Crippen LogP contribution in [0.25, 0.3) is 21.3 Å². The van der Waals surface area contributed by atoms with Gasteiger partial charge in [-0.05, 0) is 17.7 Å². The second-order valence-corrected chi connectivity index (χ2v) is 7.39. The monoisotopic (exact) mass is 401 g/mol. The van der Waals surface area contributed by atoms with Crippen molar-refractivity contribution in [2.24, 2.45) is 0 Å². The zero-order chi connectivity index (χ0) is 20.5. The summed E-state index contributed by atoms with van der Waals surface area (Å²) in [7, 11) is 1.59. The molecule has 2 heterocycles. The highest BCUT2D eigenvalue weighted by Gasteiger charge is 2.27. The fraction of sp³-hybridized carbons (Fsp3) is 0.0455. The van der Waals surface area contributed by atoms with Crippen molar-refractivity contribution in [3.8, 4) is 22.9 Å². The number of nitrogens with two attached hydrogens (primary N) is 2. The molecule has 0 saturated carbocycles. The summed E-state index contributed by atoms with van der Waals surface area (Å²) in [5, 5.41) is 10.3. The van der Waals surface area contributed by atoms with E-state index in [0.717, 1.165) is 5.56 Å². The predicted molar refractivity (Wildman–Crippen MR) is 114 cm³/mol. The minimum Gasteiger partial charge on any atom is -0.497 e. The average molecular weight is 401 g/mol. The summed E-state index contributed by atoms with van der Waals surface area (Å²) in [6.45, 7) is 0. The lowest BCUT2D eigenvalue weighted by Crippen LogP contribution is -2.13. The average Bonchev–Trinajstić information content (AvgIpc) is 3.08. The van der Waals surface area contributed by atoms with E-state index >= 15 is 0 Å². The Morgan fingerprint density at radius 1 is 1.10 bits per heavy atom. The fourth-order valence-electron chi connectivity index (χ4n) is 3.28. The molecule has 0 fully saturated rings. The van der Waals surface area contributed by atoms with Crippen LogP contribution in [-0.4, -0.2) is 12.9 Å². The Hall–Kier alpha value is -3.89. The van der Waals surface area contributed by atoms with Crippen LogP contribution in [0.4, 0.5) is 11.5 Å². The number of thiophene rings is 1. The number of hydrogen-bond acceptors (Lipinski definition) is 6. The zero-order valence-electron chi connectivity index (χ0n) is 15.5. The van der Waals surface area contributed by atoms with Crippen LogP contribution in [0.15, 0.2) is 54.6 Å². The second-order valence-electron chi connectivity index (χ2n) is 6.37. The number of ether oxygens (including phenoxy) is 1. The maximum atomic E-state index is 13.0. The highest BCUT2D eigenvalue weighted by atomic mass is 32.1. The molecule has 29 heavy (non-hydrogen) atoms. The molecule has 0 aliphatic carbocycles. The van der Waals surface area contributed by atoms with Gasteiger partial charge in [-0.15, -0.1) is 0 Å². The Morgan fingerprint density at radius 3 is 2.41 bits per heavy atom. The molecule has 0 radical (unpaired) electrons. The Morgan fingerprint density at radius 2 is 1.79 bits per heavy atom. The fourth-order valence-corrected chi connectivity index (χ4v) is 4.38. The number of H-pyrrole nitrogens is 1. The third-order valence-electron chi connectivity index (χ3n) is 4.70. The van der Waals surface area contributed by atoms with Gasteiger partial charge in [-0.25, -0.2) is 4.98 Å². The number of pyridine rings is 1. The van der Waals surface area contributed by atoms with Crippen molar-refractivity contribution in [2.45, 2.75) is 0 Å². The van der Waals surface area contributed by atoms with Gasteiger partial charge in [0.2, 0.25) is 5.78 Å². The molecular formula is C22H17N4O2S+. The number of nitrogens with zero attached hydrogens (tertiary/aromatic N) is 1. The van der Waals surface area contributed by atoms with E-state index < -0.39 is 0 Å². The third kappa shape index (κ3) is 3.06. The lowest BCUT2D eigenvalue weighted by atomic mass is 9.96. The van der Waals surface area contributed by atoms with Crippen LogP contribution in [0.1, 0.15) is 20.8 Å². The molecule has 0 bridgehead atoms. The van der Waals surface area contributed by atoms with Crippen molar-refractivity contribution in [1.82, 2.24) is 0 Å². The summed E-state index contributed by atoms with van der Waals surface area (Å²) in [5.41, 5.74) is 15.1. The van der Waals surface area contributed by atoms with E-state index in [1.807, 2.05) is 18.2 Å². The molecule has 0 spiro atoms. The van der Waals surface area contributed by atoms with Crippen LogP contribution in [0, 0.1) is 11.3 Å². The molecule has 142 valence electrons. The first-order valence-corrected chi connectivity index (χ1v) is 9.57. The number of ketones is 1. The number of nitriles is 1. The van der Waals surface area contributed by atoms with Gasteiger partial charge in [-0.2, -0.15) is 5.26 Å². The van der Waals surface area contributed by atoms with Crippen LogP contribution >= 0.6 is 11.3 Å². The van der Waals surface area contributed by atoms with Gasteiger partial charge in [0.25, 0.3) is 5.82 Å². The van der Waals surface area contributed by atoms with Gasteiger partial charge in [-0.1, -0.05) is 53.8 Å². The van der Waals surface area contributed by atoms with Crippen molar-refractivity contribution in [3.63, 3.8) is 0 Å². The molecule has 0 saturated heterocycles. The van der Waals surface area contributed by atoms with Crippen LogP contribution in [0.5, 0.6) is 5.75 Å². The number of fused-ring (bicyclic) bond motifs is 1. The first-order valence-electron chi connectivity index (χ1n) is 8.76. The third-order valence-corrected chi connectivity index (χ3v) is 5.82. The number of nitrogen functional groups attached to an aromatic ring is 2. The minimum absolute atomic E-state index is 0.171. The largest absolute Gasteiger partial charge is 0.497 e. The Labute approximate surface area is 171 Å². The van der Waals surface area contributed by atoms with Gasteiger partial charge in [0.1, 0.15) is 22.3 Å². The summed E-state index contributed by atoms with van der Waals surface area (Å²) < 4.78 is 5.22. The van der Waals surface area contributed by atoms with E-state index in [-0.39, 0.29) is 17.2 Å². The van der Waals surface area contributed by atoms with Gasteiger partial charge < -0.3 is 10.5 Å². The number of aromatic amines is 1. The molecule has 6 nitrogen and oxygen atoms in total. The zero-order valence-corrected chi connectivity index (χ0v) is 16.3. The van der Waals surface area contributed by atoms with Crippen molar-refractivity contribution in [1.29, 1.82) is 5.26 Å². The first-order chi connectivity index (χ1) is 14.0. The number of rotatable bonds is 4. The standard InChI is InChI=1S/C22H16N4O2S/c1-28-14-9-7-12(8-10-14)16-15(11-23)21(25)26-22-17(16)18(24)20(29-22)19(27)13-5-3-2-4-6-13/h2-10H,24H2,1H3,(H2,25,26)/p+1. The number of methoxy groups -OCH3 is 1. The molecule has 0 amide bonds. The van der Waals surface area contributed by atoms with Crippen LogP contribution in [0.2, 0.25) is 0 Å². The molecule has 4 aromatic rings. The van der Waals surface area contributed by atoms with E-state index in [1.54, 1.807) is 43.5 Å². The molecule has 0 unspecified atom stereocenters. The van der Waals surface area contributed by atoms with E-state index in [1.165, 1.54) is 11.3 Å². The second kappa shape index (κ2) is 7.26. The number of carbonyl (C=O) groups excluding carboxylic acids is 1. The number of benzene rings is 2. The van der Waals surface area contributed by atoms with Gasteiger partial charge in [0, 0.05) is 11.1 Å². The smallest absolute Gasteiger partial charge is 0.290 e.